The van der Waals surface area contributed by atoms with E-state index in [0.717, 1.165) is 66.2 Å². The lowest BCUT2D eigenvalue weighted by Gasteiger charge is -2.54. The lowest BCUT2D eigenvalue weighted by atomic mass is 9.72. The number of nitrogens with one attached hydrogen (secondary N) is 1. The Hall–Kier alpha value is -4.43. The molecule has 1 aliphatic carbocycles. The molecule has 4 aromatic rings. The Labute approximate surface area is 306 Å². The highest BCUT2D eigenvalue weighted by molar-refractivity contribution is 6.06. The molecule has 2 spiro atoms. The highest BCUT2D eigenvalue weighted by Gasteiger charge is 2.56. The quantitative estimate of drug-likeness (QED) is 0.225. The van der Waals surface area contributed by atoms with Crippen LogP contribution in [0.25, 0.3) is 32.9 Å². The number of aromatic nitrogens is 4. The first-order valence-corrected chi connectivity index (χ1v) is 18.6. The molecule has 14 heteroatoms. The fourth-order valence-electron chi connectivity index (χ4n) is 9.48. The molecule has 5 aliphatic rings. The van der Waals surface area contributed by atoms with Crippen LogP contribution in [-0.4, -0.2) is 120 Å². The summed E-state index contributed by atoms with van der Waals surface area (Å²) in [5.41, 5.74) is 4.35. The maximum absolute atomic E-state index is 14.1. The summed E-state index contributed by atoms with van der Waals surface area (Å²) in [6, 6.07) is 6.04. The Kier molecular flexibility index (Phi) is 7.97. The molecule has 6 heterocycles. The van der Waals surface area contributed by atoms with Gasteiger partial charge < -0.3 is 24.2 Å². The molecule has 0 bridgehead atoms. The second-order valence-corrected chi connectivity index (χ2v) is 16.0. The van der Waals surface area contributed by atoms with Crippen molar-refractivity contribution in [2.45, 2.75) is 62.8 Å². The predicted octanol–water partition coefficient (Wildman–Crippen LogP) is 5.82. The van der Waals surface area contributed by atoms with Crippen molar-refractivity contribution >= 4 is 39.5 Å². The van der Waals surface area contributed by atoms with Crippen molar-refractivity contribution in [2.75, 3.05) is 76.4 Å². The Morgan fingerprint density at radius 1 is 1.04 bits per heavy atom. The molecule has 0 unspecified atom stereocenters. The number of likely N-dealkylation sites (N-methyl/N-ethyl adjacent to an activating group) is 1. The molecule has 1 N–H and O–H groups in total. The lowest BCUT2D eigenvalue weighted by molar-refractivity contribution is -0.153. The van der Waals surface area contributed by atoms with E-state index >= 15 is 0 Å². The van der Waals surface area contributed by atoms with Crippen molar-refractivity contribution in [3.63, 3.8) is 0 Å². The topological polar surface area (TPSA) is 103 Å². The predicted molar refractivity (Wildman–Crippen MR) is 197 cm³/mol. The average Bonchev–Trinajstić information content (AvgIpc) is 3.75. The third kappa shape index (κ3) is 5.62. The maximum Gasteiger partial charge on any atom is 0.422 e. The third-order valence-electron chi connectivity index (χ3n) is 12.7. The summed E-state index contributed by atoms with van der Waals surface area (Å²) >= 11 is 0. The van der Waals surface area contributed by atoms with Crippen LogP contribution in [0.5, 0.6) is 5.75 Å². The van der Waals surface area contributed by atoms with Gasteiger partial charge in [0.25, 0.3) is 0 Å². The standard InChI is InChI=1S/C39H45F3N8O3/c1-5-30(51)49-18-37(19-49)11-14-48(15-12-37)35-26-16-25(24-7-8-24)32(31-23(2)6-9-28-27(31)17-43-46-28)34(53-22-39(40,41)42)33(26)44-36(45-35)50-20-38(21-50)29(52-4)10-13-47(38)3/h5-6,9,16-17,24,29H,1,7-8,10-15,18-22H2,2-4H3,(H,43,46)/t29-/m0/s1. The van der Waals surface area contributed by atoms with Crippen LogP contribution < -0.4 is 14.5 Å². The number of methoxy groups -OCH3 is 1. The van der Waals surface area contributed by atoms with E-state index in [-0.39, 0.29) is 34.6 Å². The number of H-pyrrole nitrogens is 1. The van der Waals surface area contributed by atoms with E-state index in [1.54, 1.807) is 13.3 Å². The van der Waals surface area contributed by atoms with Crippen molar-refractivity contribution in [3.05, 3.63) is 48.2 Å². The van der Waals surface area contributed by atoms with E-state index < -0.39 is 12.8 Å². The number of amides is 1. The van der Waals surface area contributed by atoms with Gasteiger partial charge in [-0.3, -0.25) is 14.8 Å². The van der Waals surface area contributed by atoms with Gasteiger partial charge in [0.15, 0.2) is 12.4 Å². The molecule has 1 saturated carbocycles. The van der Waals surface area contributed by atoms with Gasteiger partial charge in [-0.05, 0) is 86.9 Å². The smallest absolute Gasteiger partial charge is 0.422 e. The summed E-state index contributed by atoms with van der Waals surface area (Å²) in [6.07, 6.45) is 3.14. The fourth-order valence-corrected chi connectivity index (χ4v) is 9.48. The van der Waals surface area contributed by atoms with Crippen molar-refractivity contribution < 1.29 is 27.4 Å². The molecule has 1 atom stereocenters. The molecule has 5 fully saturated rings. The number of aryl methyl sites for hydroxylation is 1. The van der Waals surface area contributed by atoms with Gasteiger partial charge in [-0.15, -0.1) is 0 Å². The van der Waals surface area contributed by atoms with Crippen LogP contribution in [0.3, 0.4) is 0 Å². The van der Waals surface area contributed by atoms with E-state index in [2.05, 4.69) is 44.6 Å². The Morgan fingerprint density at radius 2 is 1.79 bits per heavy atom. The van der Waals surface area contributed by atoms with Gasteiger partial charge in [-0.1, -0.05) is 12.6 Å². The molecule has 9 rings (SSSR count). The SMILES string of the molecule is C=CC(=O)N1CC2(CCN(c3nc(N4CC5(C4)[C@@H](OC)CCN5C)nc4c(OCC(F)(F)F)c(-c5c(C)ccc6[nH]ncc56)c(C5CC5)cc34)CC2)C1. The molecule has 4 aliphatic heterocycles. The molecule has 1 amide bonds. The minimum absolute atomic E-state index is 0.0427. The van der Waals surface area contributed by atoms with Crippen molar-refractivity contribution in [1.29, 1.82) is 0 Å². The zero-order valence-electron chi connectivity index (χ0n) is 30.4. The summed E-state index contributed by atoms with van der Waals surface area (Å²) in [5, 5.41) is 8.86. The number of fused-ring (bicyclic) bond motifs is 2. The highest BCUT2D eigenvalue weighted by Crippen LogP contribution is 2.54. The average molecular weight is 731 g/mol. The van der Waals surface area contributed by atoms with Gasteiger partial charge in [-0.25, -0.2) is 4.98 Å². The fraction of sp³-hybridized carbons (Fsp3) is 0.538. The van der Waals surface area contributed by atoms with E-state index in [1.807, 2.05) is 24.0 Å². The van der Waals surface area contributed by atoms with E-state index in [0.29, 0.717) is 67.5 Å². The number of aromatic amines is 1. The van der Waals surface area contributed by atoms with Gasteiger partial charge in [0.2, 0.25) is 11.9 Å². The minimum atomic E-state index is -4.56. The number of benzene rings is 2. The van der Waals surface area contributed by atoms with Gasteiger partial charge in [-0.2, -0.15) is 23.3 Å². The number of hydrogen-bond acceptors (Lipinski definition) is 9. The Bertz CT molecular complexity index is 2110. The number of rotatable bonds is 8. The second-order valence-electron chi connectivity index (χ2n) is 16.0. The second kappa shape index (κ2) is 12.3. The van der Waals surface area contributed by atoms with Crippen LogP contribution in [0.2, 0.25) is 0 Å². The first kappa shape index (κ1) is 34.3. The van der Waals surface area contributed by atoms with Crippen molar-refractivity contribution in [2.24, 2.45) is 5.41 Å². The number of hydrogen-bond donors (Lipinski definition) is 1. The van der Waals surface area contributed by atoms with Gasteiger partial charge in [0, 0.05) is 74.7 Å². The molecule has 4 saturated heterocycles. The molecule has 280 valence electrons. The molecule has 53 heavy (non-hydrogen) atoms. The monoisotopic (exact) mass is 730 g/mol. The van der Waals surface area contributed by atoms with Crippen LogP contribution in [-0.2, 0) is 9.53 Å². The zero-order chi connectivity index (χ0) is 36.9. The number of carbonyl (C=O) groups is 1. The molecule has 2 aromatic carbocycles. The Morgan fingerprint density at radius 3 is 2.47 bits per heavy atom. The van der Waals surface area contributed by atoms with Gasteiger partial charge >= 0.3 is 6.18 Å². The van der Waals surface area contributed by atoms with Crippen molar-refractivity contribution in [3.8, 4) is 16.9 Å². The van der Waals surface area contributed by atoms with Crippen LogP contribution in [0.4, 0.5) is 24.9 Å². The number of piperidine rings is 1. The molecular weight excluding hydrogens is 685 g/mol. The number of halogens is 3. The molecule has 0 radical (unpaired) electrons. The zero-order valence-corrected chi connectivity index (χ0v) is 30.4. The van der Waals surface area contributed by atoms with Crippen LogP contribution in [0.1, 0.15) is 49.1 Å². The molecule has 2 aromatic heterocycles. The highest BCUT2D eigenvalue weighted by atomic mass is 19.4. The summed E-state index contributed by atoms with van der Waals surface area (Å²) in [4.78, 5) is 31.2. The van der Waals surface area contributed by atoms with Gasteiger partial charge in [0.1, 0.15) is 11.3 Å². The summed E-state index contributed by atoms with van der Waals surface area (Å²) < 4.78 is 54.3. The van der Waals surface area contributed by atoms with Crippen LogP contribution in [0, 0.1) is 12.3 Å². The number of anilines is 2. The summed E-state index contributed by atoms with van der Waals surface area (Å²) in [6.45, 7) is 9.19. The first-order chi connectivity index (χ1) is 25.4. The van der Waals surface area contributed by atoms with Crippen LogP contribution in [0.15, 0.2) is 37.1 Å². The first-order valence-electron chi connectivity index (χ1n) is 18.6. The van der Waals surface area contributed by atoms with E-state index in [1.165, 1.54) is 6.08 Å². The van der Waals surface area contributed by atoms with E-state index in [9.17, 15) is 18.0 Å². The molecular formula is C39H45F3N8O3. The number of likely N-dealkylation sites (tertiary alicyclic amines) is 2. The van der Waals surface area contributed by atoms with Crippen molar-refractivity contribution in [1.82, 2.24) is 30.0 Å². The van der Waals surface area contributed by atoms with Gasteiger partial charge in [0.05, 0.1) is 23.4 Å². The normalized spacial score (nSPS) is 22.5. The summed E-state index contributed by atoms with van der Waals surface area (Å²) in [7, 11) is 3.87. The lowest BCUT2D eigenvalue weighted by Crippen LogP contribution is -2.72. The van der Waals surface area contributed by atoms with E-state index in [4.69, 9.17) is 19.4 Å². The largest absolute Gasteiger partial charge is 0.481 e. The maximum atomic E-state index is 14.1. The Balaban J connectivity index is 1.21. The minimum Gasteiger partial charge on any atom is -0.481 e. The third-order valence-corrected chi connectivity index (χ3v) is 12.7. The number of alkyl halides is 3. The van der Waals surface area contributed by atoms with Crippen LogP contribution >= 0.6 is 0 Å². The number of nitrogens with zero attached hydrogens (tertiary/aromatic N) is 7. The number of ether oxygens (including phenoxy) is 2. The molecule has 11 nitrogen and oxygen atoms in total. The summed E-state index contributed by atoms with van der Waals surface area (Å²) in [5.74, 6) is 1.45. The number of carbonyl (C=O) groups excluding carboxylic acids is 1.